The Balaban J connectivity index is 1.42. The van der Waals surface area contributed by atoms with Crippen molar-refractivity contribution in [2.45, 2.75) is 25.6 Å². The molecule has 2 aromatic carbocycles. The fraction of sp³-hybridized carbons (Fsp3) is 0.364. The minimum absolute atomic E-state index is 0.0570. The summed E-state index contributed by atoms with van der Waals surface area (Å²) in [6, 6.07) is 18.6. The predicted molar refractivity (Wildman–Crippen MR) is 108 cm³/mol. The monoisotopic (exact) mass is 381 g/mol. The maximum atomic E-state index is 12.3. The second-order valence-electron chi connectivity index (χ2n) is 7.02. The summed E-state index contributed by atoms with van der Waals surface area (Å²) in [7, 11) is 0. The zero-order valence-corrected chi connectivity index (χ0v) is 16.1. The Morgan fingerprint density at radius 3 is 2.50 bits per heavy atom. The summed E-state index contributed by atoms with van der Waals surface area (Å²) in [6.45, 7) is 5.27. The highest BCUT2D eigenvalue weighted by Crippen LogP contribution is 2.10. The summed E-state index contributed by atoms with van der Waals surface area (Å²) in [6.07, 6.45) is -0.0570. The van der Waals surface area contributed by atoms with Gasteiger partial charge in [-0.2, -0.15) is 0 Å². The Hall–Kier alpha value is -2.70. The molecule has 1 aliphatic rings. The van der Waals surface area contributed by atoms with E-state index < -0.39 is 6.04 Å². The molecule has 1 saturated heterocycles. The number of nitrogens with zero attached hydrogens (tertiary/aromatic N) is 1. The molecule has 1 fully saturated rings. The molecule has 2 atom stereocenters. The lowest BCUT2D eigenvalue weighted by Gasteiger charge is -2.33. The topological polar surface area (TPSA) is 70.7 Å². The predicted octanol–water partition coefficient (Wildman–Crippen LogP) is 1.82. The molecule has 1 heterocycles. The van der Waals surface area contributed by atoms with Crippen LogP contribution < -0.4 is 10.6 Å². The molecule has 6 nitrogen and oxygen atoms in total. The fourth-order valence-electron chi connectivity index (χ4n) is 3.19. The number of hydrogen-bond donors (Lipinski definition) is 2. The van der Waals surface area contributed by atoms with Crippen LogP contribution in [-0.2, 0) is 16.1 Å². The van der Waals surface area contributed by atoms with Crippen molar-refractivity contribution in [3.63, 3.8) is 0 Å². The van der Waals surface area contributed by atoms with Crippen LogP contribution in [0.25, 0.3) is 0 Å². The van der Waals surface area contributed by atoms with Gasteiger partial charge in [-0.05, 0) is 24.6 Å². The van der Waals surface area contributed by atoms with Gasteiger partial charge in [0.15, 0.2) is 0 Å². The van der Waals surface area contributed by atoms with Gasteiger partial charge < -0.3 is 15.4 Å². The summed E-state index contributed by atoms with van der Waals surface area (Å²) < 4.78 is 5.78. The highest BCUT2D eigenvalue weighted by Gasteiger charge is 2.22. The SMILES string of the molecule is CC(NC(=O)c1ccccc1)C(=O)NCC1CN(Cc2ccccc2)CCO1. The van der Waals surface area contributed by atoms with Crippen LogP contribution in [0.1, 0.15) is 22.8 Å². The van der Waals surface area contributed by atoms with Gasteiger partial charge in [0.2, 0.25) is 5.91 Å². The minimum Gasteiger partial charge on any atom is -0.374 e. The van der Waals surface area contributed by atoms with Crippen molar-refractivity contribution in [2.24, 2.45) is 0 Å². The number of ether oxygens (including phenoxy) is 1. The number of hydrogen-bond acceptors (Lipinski definition) is 4. The highest BCUT2D eigenvalue weighted by atomic mass is 16.5. The normalized spacial score (nSPS) is 18.2. The van der Waals surface area contributed by atoms with E-state index in [1.165, 1.54) is 5.56 Å². The van der Waals surface area contributed by atoms with Gasteiger partial charge in [0.25, 0.3) is 5.91 Å². The molecular weight excluding hydrogens is 354 g/mol. The van der Waals surface area contributed by atoms with Gasteiger partial charge >= 0.3 is 0 Å². The summed E-state index contributed by atoms with van der Waals surface area (Å²) in [5.74, 6) is -0.473. The third-order valence-electron chi connectivity index (χ3n) is 4.75. The first-order valence-electron chi connectivity index (χ1n) is 9.63. The molecule has 2 unspecified atom stereocenters. The molecule has 0 aromatic heterocycles. The number of carbonyl (C=O) groups excluding carboxylic acids is 2. The average Bonchev–Trinajstić information content (AvgIpc) is 2.73. The van der Waals surface area contributed by atoms with E-state index in [9.17, 15) is 9.59 Å². The van der Waals surface area contributed by atoms with Crippen LogP contribution in [-0.4, -0.2) is 55.1 Å². The number of benzene rings is 2. The Morgan fingerprint density at radius 1 is 1.11 bits per heavy atom. The van der Waals surface area contributed by atoms with Crippen molar-refractivity contribution in [2.75, 3.05) is 26.2 Å². The second-order valence-corrected chi connectivity index (χ2v) is 7.02. The molecule has 0 spiro atoms. The molecule has 0 aliphatic carbocycles. The number of morpholine rings is 1. The maximum Gasteiger partial charge on any atom is 0.251 e. The lowest BCUT2D eigenvalue weighted by Crippen LogP contribution is -2.50. The Labute approximate surface area is 165 Å². The third-order valence-corrected chi connectivity index (χ3v) is 4.75. The number of amides is 2. The molecule has 0 bridgehead atoms. The van der Waals surface area contributed by atoms with Crippen molar-refractivity contribution < 1.29 is 14.3 Å². The molecule has 2 N–H and O–H groups in total. The Kier molecular flexibility index (Phi) is 7.17. The third kappa shape index (κ3) is 5.90. The molecule has 2 amide bonds. The standard InChI is InChI=1S/C22H27N3O3/c1-17(24-22(27)19-10-6-3-7-11-19)21(26)23-14-20-16-25(12-13-28-20)15-18-8-4-2-5-9-18/h2-11,17,20H,12-16H2,1H3,(H,23,26)(H,24,27). The Bertz CT molecular complexity index is 767. The van der Waals surface area contributed by atoms with Gasteiger partial charge in [0.1, 0.15) is 6.04 Å². The van der Waals surface area contributed by atoms with E-state index in [1.807, 2.05) is 24.3 Å². The van der Waals surface area contributed by atoms with Gasteiger partial charge in [0, 0.05) is 31.7 Å². The lowest BCUT2D eigenvalue weighted by atomic mass is 10.2. The molecule has 3 rings (SSSR count). The highest BCUT2D eigenvalue weighted by molar-refractivity contribution is 5.97. The van der Waals surface area contributed by atoms with Crippen LogP contribution in [0.4, 0.5) is 0 Å². The van der Waals surface area contributed by atoms with Gasteiger partial charge in [-0.3, -0.25) is 14.5 Å². The van der Waals surface area contributed by atoms with E-state index in [4.69, 9.17) is 4.74 Å². The van der Waals surface area contributed by atoms with Crippen molar-refractivity contribution in [3.05, 3.63) is 71.8 Å². The van der Waals surface area contributed by atoms with Crippen LogP contribution in [0.2, 0.25) is 0 Å². The van der Waals surface area contributed by atoms with E-state index in [-0.39, 0.29) is 17.9 Å². The second kappa shape index (κ2) is 10.0. The van der Waals surface area contributed by atoms with Gasteiger partial charge in [-0.1, -0.05) is 48.5 Å². The van der Waals surface area contributed by atoms with E-state index in [0.29, 0.717) is 18.7 Å². The Morgan fingerprint density at radius 2 is 1.79 bits per heavy atom. The summed E-state index contributed by atoms with van der Waals surface area (Å²) >= 11 is 0. The van der Waals surface area contributed by atoms with Gasteiger partial charge in [-0.25, -0.2) is 0 Å². The van der Waals surface area contributed by atoms with Gasteiger partial charge in [-0.15, -0.1) is 0 Å². The average molecular weight is 381 g/mol. The molecule has 0 radical (unpaired) electrons. The summed E-state index contributed by atoms with van der Waals surface area (Å²) in [5.41, 5.74) is 1.80. The van der Waals surface area contributed by atoms with E-state index in [1.54, 1.807) is 31.2 Å². The molecule has 2 aromatic rings. The fourth-order valence-corrected chi connectivity index (χ4v) is 3.19. The summed E-state index contributed by atoms with van der Waals surface area (Å²) in [4.78, 5) is 26.8. The van der Waals surface area contributed by atoms with Crippen LogP contribution in [0.5, 0.6) is 0 Å². The molecular formula is C22H27N3O3. The van der Waals surface area contributed by atoms with Crippen LogP contribution >= 0.6 is 0 Å². The van der Waals surface area contributed by atoms with E-state index in [2.05, 4.69) is 27.7 Å². The molecule has 1 aliphatic heterocycles. The minimum atomic E-state index is -0.614. The van der Waals surface area contributed by atoms with Crippen molar-refractivity contribution >= 4 is 11.8 Å². The first kappa shape index (κ1) is 20.0. The van der Waals surface area contributed by atoms with Crippen LogP contribution in [0.3, 0.4) is 0 Å². The largest absolute Gasteiger partial charge is 0.374 e. The molecule has 6 heteroatoms. The molecule has 0 saturated carbocycles. The van der Waals surface area contributed by atoms with E-state index in [0.717, 1.165) is 19.6 Å². The van der Waals surface area contributed by atoms with Gasteiger partial charge in [0.05, 0.1) is 12.7 Å². The van der Waals surface area contributed by atoms with Crippen LogP contribution in [0.15, 0.2) is 60.7 Å². The lowest BCUT2D eigenvalue weighted by molar-refractivity contribution is -0.123. The van der Waals surface area contributed by atoms with Crippen molar-refractivity contribution in [3.8, 4) is 0 Å². The van der Waals surface area contributed by atoms with E-state index >= 15 is 0 Å². The number of rotatable bonds is 7. The molecule has 148 valence electrons. The zero-order chi connectivity index (χ0) is 19.8. The smallest absolute Gasteiger partial charge is 0.251 e. The number of nitrogens with one attached hydrogen (secondary N) is 2. The van der Waals surface area contributed by atoms with Crippen molar-refractivity contribution in [1.82, 2.24) is 15.5 Å². The summed E-state index contributed by atoms with van der Waals surface area (Å²) in [5, 5.41) is 5.61. The molecule has 28 heavy (non-hydrogen) atoms. The quantitative estimate of drug-likeness (QED) is 0.768. The first-order valence-corrected chi connectivity index (χ1v) is 9.63. The van der Waals surface area contributed by atoms with Crippen molar-refractivity contribution in [1.29, 1.82) is 0 Å². The first-order chi connectivity index (χ1) is 13.6. The van der Waals surface area contributed by atoms with Crippen LogP contribution in [0, 0.1) is 0 Å². The number of carbonyl (C=O) groups is 2. The maximum absolute atomic E-state index is 12.3. The zero-order valence-electron chi connectivity index (χ0n) is 16.1.